The highest BCUT2D eigenvalue weighted by molar-refractivity contribution is 5.82. The van der Waals surface area contributed by atoms with Crippen molar-refractivity contribution in [2.45, 2.75) is 97.4 Å². The Morgan fingerprint density at radius 1 is 1.07 bits per heavy atom. The highest BCUT2D eigenvalue weighted by Gasteiger charge is 2.68. The van der Waals surface area contributed by atoms with Crippen LogP contribution in [0.5, 0.6) is 0 Å². The second-order valence-corrected chi connectivity index (χ2v) is 12.5. The summed E-state index contributed by atoms with van der Waals surface area (Å²) >= 11 is 0. The molecule has 0 unspecified atom stereocenters. The van der Waals surface area contributed by atoms with Gasteiger partial charge in [0.15, 0.2) is 5.79 Å². The minimum atomic E-state index is -0.304. The van der Waals surface area contributed by atoms with Crippen LogP contribution in [-0.4, -0.2) is 24.3 Å². The monoisotopic (exact) mass is 412 g/mol. The Morgan fingerprint density at radius 2 is 1.90 bits per heavy atom. The first-order valence-corrected chi connectivity index (χ1v) is 12.8. The largest absolute Gasteiger partial charge is 0.349 e. The molecule has 6 rings (SSSR count). The third kappa shape index (κ3) is 2.48. The zero-order valence-electron chi connectivity index (χ0n) is 19.4. The second-order valence-electron chi connectivity index (χ2n) is 12.5. The molecule has 2 saturated heterocycles. The summed E-state index contributed by atoms with van der Waals surface area (Å²) in [6, 6.07) is 0. The summed E-state index contributed by atoms with van der Waals surface area (Å²) < 4.78 is 13.3. The molecule has 1 spiro atoms. The van der Waals surface area contributed by atoms with E-state index in [4.69, 9.17) is 9.47 Å². The smallest absolute Gasteiger partial charge is 0.171 e. The first-order chi connectivity index (χ1) is 14.3. The van der Waals surface area contributed by atoms with Crippen LogP contribution < -0.4 is 0 Å². The molecule has 10 atom stereocenters. The lowest BCUT2D eigenvalue weighted by Crippen LogP contribution is -2.52. The molecular weight excluding hydrogens is 372 g/mol. The van der Waals surface area contributed by atoms with Gasteiger partial charge in [0, 0.05) is 25.2 Å². The van der Waals surface area contributed by atoms with Gasteiger partial charge in [-0.15, -0.1) is 0 Å². The highest BCUT2D eigenvalue weighted by atomic mass is 16.7. The SMILES string of the molecule is C[C@@H]1CC[C@@]2(OC1)O[C@H]1C[C@H]3[C@@H]4CC=C5CC(=O)CC[C@]5(C)[C@@H]4CC[C@]3(C)[C@H]1[C@@H]2C. The van der Waals surface area contributed by atoms with E-state index in [0.29, 0.717) is 35.1 Å². The van der Waals surface area contributed by atoms with Gasteiger partial charge in [0.05, 0.1) is 12.7 Å². The van der Waals surface area contributed by atoms with Gasteiger partial charge in [0.2, 0.25) is 0 Å². The molecule has 5 fully saturated rings. The van der Waals surface area contributed by atoms with Gasteiger partial charge in [-0.25, -0.2) is 0 Å². The molecule has 2 heterocycles. The van der Waals surface area contributed by atoms with E-state index >= 15 is 0 Å². The molecule has 6 aliphatic rings. The van der Waals surface area contributed by atoms with E-state index in [-0.39, 0.29) is 11.2 Å². The Labute approximate surface area is 182 Å². The minimum absolute atomic E-state index is 0.270. The topological polar surface area (TPSA) is 35.5 Å². The molecule has 166 valence electrons. The Balaban J connectivity index is 1.29. The van der Waals surface area contributed by atoms with Crippen molar-refractivity contribution in [3.8, 4) is 0 Å². The van der Waals surface area contributed by atoms with Crippen LogP contribution in [0.4, 0.5) is 0 Å². The zero-order chi connectivity index (χ0) is 20.9. The van der Waals surface area contributed by atoms with Gasteiger partial charge in [-0.1, -0.05) is 39.3 Å². The molecule has 0 aromatic heterocycles. The molecule has 0 bridgehead atoms. The third-order valence-corrected chi connectivity index (χ3v) is 11.2. The predicted octanol–water partition coefficient (Wildman–Crippen LogP) is 5.92. The maximum absolute atomic E-state index is 12.1. The van der Waals surface area contributed by atoms with Crippen molar-refractivity contribution in [3.63, 3.8) is 0 Å². The summed E-state index contributed by atoms with van der Waals surface area (Å²) in [6.45, 7) is 10.7. The summed E-state index contributed by atoms with van der Waals surface area (Å²) in [5.74, 6) is 4.26. The van der Waals surface area contributed by atoms with E-state index in [9.17, 15) is 4.79 Å². The van der Waals surface area contributed by atoms with E-state index in [2.05, 4.69) is 33.8 Å². The van der Waals surface area contributed by atoms with Crippen molar-refractivity contribution in [1.29, 1.82) is 0 Å². The fraction of sp³-hybridized carbons (Fsp3) is 0.889. The number of Topliss-reactive ketones (excluding diaryl/α,β-unsaturated/α-hetero) is 1. The number of fused-ring (bicyclic) bond motifs is 7. The molecule has 30 heavy (non-hydrogen) atoms. The summed E-state index contributed by atoms with van der Waals surface area (Å²) in [5, 5.41) is 0. The highest BCUT2D eigenvalue weighted by Crippen LogP contribution is 2.70. The fourth-order valence-corrected chi connectivity index (χ4v) is 9.49. The van der Waals surface area contributed by atoms with Gasteiger partial charge < -0.3 is 9.47 Å². The molecular formula is C27H40O3. The van der Waals surface area contributed by atoms with Crippen LogP contribution in [0.25, 0.3) is 0 Å². The second kappa shape index (κ2) is 6.44. The number of hydrogen-bond acceptors (Lipinski definition) is 3. The maximum Gasteiger partial charge on any atom is 0.171 e. The van der Waals surface area contributed by atoms with Crippen LogP contribution in [0.2, 0.25) is 0 Å². The van der Waals surface area contributed by atoms with Crippen LogP contribution in [0.1, 0.15) is 85.5 Å². The number of ether oxygens (including phenoxy) is 2. The van der Waals surface area contributed by atoms with Gasteiger partial charge in [0.25, 0.3) is 0 Å². The van der Waals surface area contributed by atoms with Crippen molar-refractivity contribution >= 4 is 5.78 Å². The predicted molar refractivity (Wildman–Crippen MR) is 117 cm³/mol. The molecule has 0 amide bonds. The van der Waals surface area contributed by atoms with Crippen LogP contribution in [0.15, 0.2) is 11.6 Å². The van der Waals surface area contributed by atoms with Crippen LogP contribution in [0, 0.1) is 46.3 Å². The molecule has 0 N–H and O–H groups in total. The quantitative estimate of drug-likeness (QED) is 0.463. The number of ketones is 1. The summed E-state index contributed by atoms with van der Waals surface area (Å²) in [5.41, 5.74) is 2.13. The van der Waals surface area contributed by atoms with Crippen molar-refractivity contribution in [1.82, 2.24) is 0 Å². The molecule has 2 aliphatic heterocycles. The lowest BCUT2D eigenvalue weighted by atomic mass is 9.47. The lowest BCUT2D eigenvalue weighted by molar-refractivity contribution is -0.272. The van der Waals surface area contributed by atoms with Crippen molar-refractivity contribution < 1.29 is 14.3 Å². The summed E-state index contributed by atoms with van der Waals surface area (Å²) in [4.78, 5) is 12.1. The van der Waals surface area contributed by atoms with Crippen LogP contribution in [-0.2, 0) is 14.3 Å². The van der Waals surface area contributed by atoms with Crippen molar-refractivity contribution in [3.05, 3.63) is 11.6 Å². The normalized spacial score (nSPS) is 57.4. The Hall–Kier alpha value is -0.670. The Kier molecular flexibility index (Phi) is 4.29. The van der Waals surface area contributed by atoms with Gasteiger partial charge >= 0.3 is 0 Å². The average molecular weight is 413 g/mol. The maximum atomic E-state index is 12.1. The van der Waals surface area contributed by atoms with E-state index in [1.54, 1.807) is 0 Å². The number of rotatable bonds is 0. The standard InChI is InChI=1S/C27H40O3/c1-16-7-12-27(29-15-16)17(2)24-23(30-27)14-22-20-6-5-18-13-19(28)8-10-25(18,3)21(20)9-11-26(22,24)4/h5,16-17,20-24H,6-15H2,1-4H3/t16-,17+,20-,21-,22+,23+,24+,25+,26+,27-/m1/s1. The molecule has 4 aliphatic carbocycles. The van der Waals surface area contributed by atoms with Gasteiger partial charge in [0.1, 0.15) is 5.78 Å². The first-order valence-electron chi connectivity index (χ1n) is 12.8. The van der Waals surface area contributed by atoms with Gasteiger partial charge in [-0.05, 0) is 78.9 Å². The number of carbonyl (C=O) groups excluding carboxylic acids is 1. The number of carbonyl (C=O) groups is 1. The van der Waals surface area contributed by atoms with Crippen molar-refractivity contribution in [2.75, 3.05) is 6.61 Å². The Morgan fingerprint density at radius 3 is 2.67 bits per heavy atom. The molecule has 3 heteroatoms. The first kappa shape index (κ1) is 20.0. The zero-order valence-corrected chi connectivity index (χ0v) is 19.4. The summed E-state index contributed by atoms with van der Waals surface area (Å²) in [7, 11) is 0. The number of hydrogen-bond donors (Lipinski definition) is 0. The van der Waals surface area contributed by atoms with Crippen LogP contribution in [0.3, 0.4) is 0 Å². The lowest BCUT2D eigenvalue weighted by Gasteiger charge is -2.58. The molecule has 0 radical (unpaired) electrons. The van der Waals surface area contributed by atoms with E-state index in [1.165, 1.54) is 37.7 Å². The van der Waals surface area contributed by atoms with Crippen LogP contribution >= 0.6 is 0 Å². The molecule has 0 aromatic rings. The van der Waals surface area contributed by atoms with E-state index in [0.717, 1.165) is 50.0 Å². The molecule has 3 saturated carbocycles. The van der Waals surface area contributed by atoms with Crippen molar-refractivity contribution in [2.24, 2.45) is 46.3 Å². The summed E-state index contributed by atoms with van der Waals surface area (Å²) in [6.07, 6.45) is 12.9. The third-order valence-electron chi connectivity index (χ3n) is 11.2. The number of allylic oxidation sites excluding steroid dienone is 2. The van der Waals surface area contributed by atoms with E-state index in [1.807, 2.05) is 0 Å². The Bertz CT molecular complexity index is 777. The molecule has 3 nitrogen and oxygen atoms in total. The van der Waals surface area contributed by atoms with Gasteiger partial charge in [-0.2, -0.15) is 0 Å². The average Bonchev–Trinajstić information content (AvgIpc) is 3.16. The molecule has 0 aromatic carbocycles. The van der Waals surface area contributed by atoms with Gasteiger partial charge in [-0.3, -0.25) is 4.79 Å². The van der Waals surface area contributed by atoms with E-state index < -0.39 is 0 Å². The minimum Gasteiger partial charge on any atom is -0.349 e. The fourth-order valence-electron chi connectivity index (χ4n) is 9.49.